The van der Waals surface area contributed by atoms with E-state index in [4.69, 9.17) is 22.1 Å². The number of hydrogen-bond acceptors (Lipinski definition) is 4. The van der Waals surface area contributed by atoms with Crippen LogP contribution in [0.4, 0.5) is 5.69 Å². The van der Waals surface area contributed by atoms with Gasteiger partial charge in [0, 0.05) is 21.7 Å². The highest BCUT2D eigenvalue weighted by atomic mass is 35.5. The van der Waals surface area contributed by atoms with Crippen molar-refractivity contribution >= 4 is 28.6 Å². The summed E-state index contributed by atoms with van der Waals surface area (Å²) in [7, 11) is 1.63. The third kappa shape index (κ3) is 2.86. The quantitative estimate of drug-likeness (QED) is 0.711. The molecule has 0 aliphatic rings. The Bertz CT molecular complexity index is 768. The Labute approximate surface area is 132 Å². The molecular formula is C16H13ClN2OS. The zero-order chi connectivity index (χ0) is 14.8. The first-order chi connectivity index (χ1) is 10.2. The lowest BCUT2D eigenvalue weighted by Gasteiger charge is -2.06. The van der Waals surface area contributed by atoms with Crippen molar-refractivity contribution in [2.75, 3.05) is 12.8 Å². The highest BCUT2D eigenvalue weighted by molar-refractivity contribution is 7.13. The van der Waals surface area contributed by atoms with Gasteiger partial charge in [0.2, 0.25) is 0 Å². The number of aromatic nitrogens is 1. The fraction of sp³-hybridized carbons (Fsp3) is 0.0625. The molecule has 0 unspecified atom stereocenters. The van der Waals surface area contributed by atoms with Gasteiger partial charge in [0.05, 0.1) is 18.4 Å². The normalized spacial score (nSPS) is 10.6. The first-order valence-electron chi connectivity index (χ1n) is 6.33. The molecule has 0 fully saturated rings. The van der Waals surface area contributed by atoms with Crippen LogP contribution in [0.1, 0.15) is 0 Å². The molecule has 2 N–H and O–H groups in total. The Balaban J connectivity index is 2.00. The van der Waals surface area contributed by atoms with Crippen LogP contribution in [0.5, 0.6) is 5.75 Å². The second-order valence-electron chi connectivity index (χ2n) is 4.50. The number of halogens is 1. The summed E-state index contributed by atoms with van der Waals surface area (Å²) >= 11 is 7.56. The van der Waals surface area contributed by atoms with Gasteiger partial charge in [-0.3, -0.25) is 0 Å². The number of nitrogens with two attached hydrogens (primary N) is 1. The number of nitrogens with zero attached hydrogens (tertiary/aromatic N) is 1. The molecule has 1 heterocycles. The minimum absolute atomic E-state index is 0.644. The Morgan fingerprint density at radius 3 is 2.62 bits per heavy atom. The Hall–Kier alpha value is -2.04. The largest absolute Gasteiger partial charge is 0.496 e. The molecule has 106 valence electrons. The van der Waals surface area contributed by atoms with Crippen molar-refractivity contribution < 1.29 is 4.74 Å². The van der Waals surface area contributed by atoms with Gasteiger partial charge in [0.1, 0.15) is 10.8 Å². The summed E-state index contributed by atoms with van der Waals surface area (Å²) in [6.45, 7) is 0. The van der Waals surface area contributed by atoms with Crippen LogP contribution in [0.2, 0.25) is 5.02 Å². The number of ether oxygens (including phenoxy) is 1. The van der Waals surface area contributed by atoms with Gasteiger partial charge in [-0.25, -0.2) is 4.98 Å². The molecule has 1 aromatic heterocycles. The van der Waals surface area contributed by atoms with Crippen LogP contribution < -0.4 is 10.5 Å². The van der Waals surface area contributed by atoms with Gasteiger partial charge in [-0.15, -0.1) is 11.3 Å². The van der Waals surface area contributed by atoms with Crippen molar-refractivity contribution in [2.45, 2.75) is 0 Å². The predicted molar refractivity (Wildman–Crippen MR) is 89.0 cm³/mol. The average Bonchev–Trinajstić information content (AvgIpc) is 2.97. The summed E-state index contributed by atoms with van der Waals surface area (Å²) in [5.41, 5.74) is 9.35. The summed E-state index contributed by atoms with van der Waals surface area (Å²) in [6, 6.07) is 13.2. The molecule has 0 bridgehead atoms. The van der Waals surface area contributed by atoms with Gasteiger partial charge < -0.3 is 10.5 Å². The van der Waals surface area contributed by atoms with E-state index in [1.54, 1.807) is 24.5 Å². The van der Waals surface area contributed by atoms with E-state index in [0.29, 0.717) is 5.02 Å². The number of methoxy groups -OCH3 is 1. The van der Waals surface area contributed by atoms with Crippen LogP contribution >= 0.6 is 22.9 Å². The van der Waals surface area contributed by atoms with E-state index in [2.05, 4.69) is 4.98 Å². The third-order valence-corrected chi connectivity index (χ3v) is 4.22. The van der Waals surface area contributed by atoms with Crippen LogP contribution in [0.25, 0.3) is 21.8 Å². The van der Waals surface area contributed by atoms with Crippen molar-refractivity contribution in [1.82, 2.24) is 4.98 Å². The van der Waals surface area contributed by atoms with Gasteiger partial charge in [0.25, 0.3) is 0 Å². The minimum atomic E-state index is 0.644. The lowest BCUT2D eigenvalue weighted by molar-refractivity contribution is 0.416. The fourth-order valence-corrected chi connectivity index (χ4v) is 3.05. The molecule has 0 radical (unpaired) electrons. The van der Waals surface area contributed by atoms with E-state index in [9.17, 15) is 0 Å². The van der Waals surface area contributed by atoms with Gasteiger partial charge in [0.15, 0.2) is 0 Å². The molecule has 0 aliphatic carbocycles. The van der Waals surface area contributed by atoms with Crippen molar-refractivity contribution in [3.8, 4) is 27.6 Å². The molecule has 3 rings (SSSR count). The lowest BCUT2D eigenvalue weighted by Crippen LogP contribution is -1.88. The molecule has 2 aromatic carbocycles. The summed E-state index contributed by atoms with van der Waals surface area (Å²) in [5, 5.41) is 3.57. The summed E-state index contributed by atoms with van der Waals surface area (Å²) in [6.07, 6.45) is 0. The minimum Gasteiger partial charge on any atom is -0.496 e. The highest BCUT2D eigenvalue weighted by Gasteiger charge is 2.11. The zero-order valence-corrected chi connectivity index (χ0v) is 12.9. The predicted octanol–water partition coefficient (Wildman–Crippen LogP) is 4.72. The van der Waals surface area contributed by atoms with E-state index in [1.807, 2.05) is 41.8 Å². The summed E-state index contributed by atoms with van der Waals surface area (Å²) in [4.78, 5) is 4.67. The molecule has 3 nitrogen and oxygen atoms in total. The van der Waals surface area contributed by atoms with E-state index in [0.717, 1.165) is 33.3 Å². The van der Waals surface area contributed by atoms with Crippen LogP contribution in [-0.2, 0) is 0 Å². The Morgan fingerprint density at radius 2 is 1.90 bits per heavy atom. The molecule has 21 heavy (non-hydrogen) atoms. The van der Waals surface area contributed by atoms with Crippen molar-refractivity contribution in [2.24, 2.45) is 0 Å². The molecule has 3 aromatic rings. The molecule has 0 saturated heterocycles. The van der Waals surface area contributed by atoms with E-state index in [1.165, 1.54) is 0 Å². The van der Waals surface area contributed by atoms with Gasteiger partial charge in [-0.2, -0.15) is 0 Å². The second kappa shape index (κ2) is 5.76. The SMILES string of the molecule is COc1cc(Cl)ccc1-c1nc(-c2ccc(N)cc2)cs1. The van der Waals surface area contributed by atoms with Crippen LogP contribution in [0, 0.1) is 0 Å². The van der Waals surface area contributed by atoms with Crippen molar-refractivity contribution in [3.05, 3.63) is 52.9 Å². The van der Waals surface area contributed by atoms with Gasteiger partial charge in [-0.05, 0) is 30.3 Å². The van der Waals surface area contributed by atoms with E-state index in [-0.39, 0.29) is 0 Å². The van der Waals surface area contributed by atoms with E-state index < -0.39 is 0 Å². The number of nitrogen functional groups attached to an aromatic ring is 1. The lowest BCUT2D eigenvalue weighted by atomic mass is 10.1. The molecule has 0 saturated carbocycles. The van der Waals surface area contributed by atoms with Gasteiger partial charge >= 0.3 is 0 Å². The average molecular weight is 317 g/mol. The molecular weight excluding hydrogens is 304 g/mol. The van der Waals surface area contributed by atoms with Crippen molar-refractivity contribution in [3.63, 3.8) is 0 Å². The Kier molecular flexibility index (Phi) is 3.82. The second-order valence-corrected chi connectivity index (χ2v) is 5.80. The summed E-state index contributed by atoms with van der Waals surface area (Å²) < 4.78 is 5.38. The first kappa shape index (κ1) is 13.9. The van der Waals surface area contributed by atoms with Crippen LogP contribution in [-0.4, -0.2) is 12.1 Å². The number of anilines is 1. The van der Waals surface area contributed by atoms with Crippen LogP contribution in [0.15, 0.2) is 47.8 Å². The molecule has 0 aliphatic heterocycles. The molecule has 0 atom stereocenters. The maximum Gasteiger partial charge on any atom is 0.130 e. The maximum absolute atomic E-state index is 5.99. The van der Waals surface area contributed by atoms with Crippen molar-refractivity contribution in [1.29, 1.82) is 0 Å². The molecule has 5 heteroatoms. The number of rotatable bonds is 3. The highest BCUT2D eigenvalue weighted by Crippen LogP contribution is 2.36. The third-order valence-electron chi connectivity index (χ3n) is 3.10. The van der Waals surface area contributed by atoms with Crippen LogP contribution in [0.3, 0.4) is 0 Å². The topological polar surface area (TPSA) is 48.1 Å². The maximum atomic E-state index is 5.99. The number of thiazole rings is 1. The fourth-order valence-electron chi connectivity index (χ4n) is 2.03. The number of hydrogen-bond donors (Lipinski definition) is 1. The van der Waals surface area contributed by atoms with Gasteiger partial charge in [-0.1, -0.05) is 23.7 Å². The smallest absolute Gasteiger partial charge is 0.130 e. The zero-order valence-electron chi connectivity index (χ0n) is 11.3. The summed E-state index contributed by atoms with van der Waals surface area (Å²) in [5.74, 6) is 0.723. The monoisotopic (exact) mass is 316 g/mol. The molecule has 0 amide bonds. The van der Waals surface area contributed by atoms with E-state index >= 15 is 0 Å². The first-order valence-corrected chi connectivity index (χ1v) is 7.58. The Morgan fingerprint density at radius 1 is 1.14 bits per heavy atom. The standard InChI is InChI=1S/C16H13ClN2OS/c1-20-15-8-11(17)4-7-13(15)16-19-14(9-21-16)10-2-5-12(18)6-3-10/h2-9H,18H2,1H3. The molecule has 0 spiro atoms. The number of benzene rings is 2.